The lowest BCUT2D eigenvalue weighted by molar-refractivity contribution is 0.205. The smallest absolute Gasteiger partial charge is 0.188 e. The van der Waals surface area contributed by atoms with Crippen LogP contribution in [0.5, 0.6) is 0 Å². The van der Waals surface area contributed by atoms with Gasteiger partial charge in [0.25, 0.3) is 0 Å². The van der Waals surface area contributed by atoms with E-state index in [-0.39, 0.29) is 0 Å². The molecule has 3 aromatic rings. The average Bonchev–Trinajstić information content (AvgIpc) is 3.42. The lowest BCUT2D eigenvalue weighted by Crippen LogP contribution is -2.32. The number of hydrogen-bond donors (Lipinski definition) is 1. The lowest BCUT2D eigenvalue weighted by atomic mass is 9.94. The Balaban J connectivity index is 1.28. The highest BCUT2D eigenvalue weighted by Gasteiger charge is 2.23. The monoisotopic (exact) mass is 437 g/mol. The highest BCUT2D eigenvalue weighted by Crippen LogP contribution is 2.32. The maximum Gasteiger partial charge on any atom is 0.188 e. The third kappa shape index (κ3) is 5.45. The highest BCUT2D eigenvalue weighted by atomic mass is 32.1. The van der Waals surface area contributed by atoms with Gasteiger partial charge in [0.1, 0.15) is 5.82 Å². The second-order valence-electron chi connectivity index (χ2n) is 7.77. The number of nitriles is 1. The van der Waals surface area contributed by atoms with E-state index in [9.17, 15) is 0 Å². The van der Waals surface area contributed by atoms with Gasteiger partial charge in [-0.3, -0.25) is 4.90 Å². The number of anilines is 2. The molecule has 3 aromatic heterocycles. The summed E-state index contributed by atoms with van der Waals surface area (Å²) >= 11 is 3.59. The zero-order valence-electron chi connectivity index (χ0n) is 17.3. The molecule has 5 nitrogen and oxygen atoms in total. The standard InChI is InChI=1S/C23H27N5S2/c1-2-3-4-19-5-6-20(30-19)15-28-11-8-18(9-12-28)21-16-29-23(26-21)27-22-13-17(14-24)7-10-25-22/h5-7,10,13,16,18H,2-4,8-9,11-12,15H2,1H3,(H,25,26,27). The molecule has 0 unspecified atom stereocenters. The zero-order chi connectivity index (χ0) is 20.8. The number of thiazole rings is 1. The highest BCUT2D eigenvalue weighted by molar-refractivity contribution is 7.13. The molecule has 0 amide bonds. The number of nitrogens with one attached hydrogen (secondary N) is 1. The molecule has 4 rings (SSSR count). The van der Waals surface area contributed by atoms with Crippen LogP contribution in [0.25, 0.3) is 0 Å². The normalized spacial score (nSPS) is 15.2. The molecular formula is C23H27N5S2. The quantitative estimate of drug-likeness (QED) is 0.473. The van der Waals surface area contributed by atoms with Crippen molar-refractivity contribution in [2.45, 2.75) is 51.5 Å². The molecule has 4 heterocycles. The first-order valence-electron chi connectivity index (χ1n) is 10.6. The summed E-state index contributed by atoms with van der Waals surface area (Å²) in [5, 5.41) is 15.3. The van der Waals surface area contributed by atoms with Gasteiger partial charge >= 0.3 is 0 Å². The van der Waals surface area contributed by atoms with Gasteiger partial charge in [0.15, 0.2) is 5.13 Å². The fraction of sp³-hybridized carbons (Fsp3) is 0.435. The first-order chi connectivity index (χ1) is 14.7. The number of nitrogens with zero attached hydrogens (tertiary/aromatic N) is 4. The Bertz CT molecular complexity index is 995. The van der Waals surface area contributed by atoms with E-state index in [0.717, 1.165) is 37.6 Å². The number of rotatable bonds is 8. The summed E-state index contributed by atoms with van der Waals surface area (Å²) in [6.07, 6.45) is 7.72. The Labute approximate surface area is 186 Å². The van der Waals surface area contributed by atoms with Crippen molar-refractivity contribution < 1.29 is 0 Å². The van der Waals surface area contributed by atoms with Crippen LogP contribution in [0, 0.1) is 11.3 Å². The minimum Gasteiger partial charge on any atom is -0.316 e. The maximum absolute atomic E-state index is 9.03. The third-order valence-electron chi connectivity index (χ3n) is 5.53. The minimum atomic E-state index is 0.523. The van der Waals surface area contributed by atoms with Gasteiger partial charge in [-0.1, -0.05) is 13.3 Å². The Morgan fingerprint density at radius 2 is 2.07 bits per heavy atom. The van der Waals surface area contributed by atoms with Crippen LogP contribution in [-0.2, 0) is 13.0 Å². The Hall–Kier alpha value is -2.27. The zero-order valence-corrected chi connectivity index (χ0v) is 18.9. The molecule has 1 N–H and O–H groups in total. The van der Waals surface area contributed by atoms with Gasteiger partial charge in [0.2, 0.25) is 0 Å². The van der Waals surface area contributed by atoms with E-state index in [4.69, 9.17) is 10.2 Å². The molecule has 1 aliphatic heterocycles. The van der Waals surface area contributed by atoms with Gasteiger partial charge in [-0.25, -0.2) is 9.97 Å². The van der Waals surface area contributed by atoms with Gasteiger partial charge in [-0.15, -0.1) is 22.7 Å². The fourth-order valence-corrected chi connectivity index (χ4v) is 5.71. The van der Waals surface area contributed by atoms with E-state index < -0.39 is 0 Å². The summed E-state index contributed by atoms with van der Waals surface area (Å²) in [7, 11) is 0. The Morgan fingerprint density at radius 3 is 2.87 bits per heavy atom. The van der Waals surface area contributed by atoms with Gasteiger partial charge in [0.05, 0.1) is 17.3 Å². The summed E-state index contributed by atoms with van der Waals surface area (Å²) in [5.74, 6) is 1.19. The molecule has 30 heavy (non-hydrogen) atoms. The van der Waals surface area contributed by atoms with E-state index in [1.54, 1.807) is 29.7 Å². The topological polar surface area (TPSA) is 64.8 Å². The average molecular weight is 438 g/mol. The summed E-state index contributed by atoms with van der Waals surface area (Å²) in [5.41, 5.74) is 1.77. The predicted octanol–water partition coefficient (Wildman–Crippen LogP) is 5.94. The number of pyridine rings is 1. The van der Waals surface area contributed by atoms with E-state index >= 15 is 0 Å². The number of hydrogen-bond acceptors (Lipinski definition) is 7. The van der Waals surface area contributed by atoms with Crippen LogP contribution >= 0.6 is 22.7 Å². The van der Waals surface area contributed by atoms with Crippen LogP contribution in [0.15, 0.2) is 35.8 Å². The molecule has 0 atom stereocenters. The molecular weight excluding hydrogens is 410 g/mol. The number of aromatic nitrogens is 2. The number of piperidine rings is 1. The second kappa shape index (κ2) is 10.2. The van der Waals surface area contributed by atoms with Crippen LogP contribution in [0.1, 0.15) is 59.5 Å². The molecule has 0 aliphatic carbocycles. The van der Waals surface area contributed by atoms with Crippen molar-refractivity contribution in [3.05, 3.63) is 56.9 Å². The summed E-state index contributed by atoms with van der Waals surface area (Å²) < 4.78 is 0. The van der Waals surface area contributed by atoms with E-state index in [2.05, 4.69) is 45.7 Å². The van der Waals surface area contributed by atoms with Crippen molar-refractivity contribution in [3.63, 3.8) is 0 Å². The lowest BCUT2D eigenvalue weighted by Gasteiger charge is -2.30. The van der Waals surface area contributed by atoms with Gasteiger partial charge in [-0.2, -0.15) is 5.26 Å². The van der Waals surface area contributed by atoms with Crippen molar-refractivity contribution in [1.29, 1.82) is 5.26 Å². The molecule has 1 fully saturated rings. The fourth-order valence-electron chi connectivity index (χ4n) is 3.81. The Morgan fingerprint density at radius 1 is 1.23 bits per heavy atom. The molecule has 0 bridgehead atoms. The van der Waals surface area contributed by atoms with Crippen LogP contribution in [-0.4, -0.2) is 28.0 Å². The van der Waals surface area contributed by atoms with Crippen molar-refractivity contribution in [1.82, 2.24) is 14.9 Å². The largest absolute Gasteiger partial charge is 0.316 e. The van der Waals surface area contributed by atoms with Crippen molar-refractivity contribution in [2.24, 2.45) is 0 Å². The molecule has 0 spiro atoms. The van der Waals surface area contributed by atoms with Gasteiger partial charge in [0, 0.05) is 33.8 Å². The van der Waals surface area contributed by atoms with Crippen LogP contribution < -0.4 is 5.32 Å². The molecule has 0 saturated carbocycles. The first-order valence-corrected chi connectivity index (χ1v) is 12.3. The Kier molecular flexibility index (Phi) is 7.11. The van der Waals surface area contributed by atoms with Crippen molar-refractivity contribution >= 4 is 33.6 Å². The molecule has 0 aromatic carbocycles. The maximum atomic E-state index is 9.03. The molecule has 7 heteroatoms. The number of likely N-dealkylation sites (tertiary alicyclic amines) is 1. The van der Waals surface area contributed by atoms with Crippen LogP contribution in [0.4, 0.5) is 10.9 Å². The van der Waals surface area contributed by atoms with Crippen LogP contribution in [0.3, 0.4) is 0 Å². The molecule has 0 radical (unpaired) electrons. The third-order valence-corrected chi connectivity index (χ3v) is 7.43. The van der Waals surface area contributed by atoms with Crippen molar-refractivity contribution in [2.75, 3.05) is 18.4 Å². The summed E-state index contributed by atoms with van der Waals surface area (Å²) in [6.45, 7) is 5.58. The van der Waals surface area contributed by atoms with Crippen molar-refractivity contribution in [3.8, 4) is 6.07 Å². The first kappa shape index (κ1) is 21.0. The number of unbranched alkanes of at least 4 members (excludes halogenated alkanes) is 1. The van der Waals surface area contributed by atoms with Gasteiger partial charge in [-0.05, 0) is 63.0 Å². The molecule has 1 aliphatic rings. The number of thiophene rings is 1. The molecule has 1 saturated heterocycles. The minimum absolute atomic E-state index is 0.523. The van der Waals surface area contributed by atoms with Crippen LogP contribution in [0.2, 0.25) is 0 Å². The van der Waals surface area contributed by atoms with E-state index in [1.807, 2.05) is 11.3 Å². The predicted molar refractivity (Wildman–Crippen MR) is 125 cm³/mol. The summed E-state index contributed by atoms with van der Waals surface area (Å²) in [6, 6.07) is 10.2. The van der Waals surface area contributed by atoms with E-state index in [0.29, 0.717) is 17.3 Å². The SMILES string of the molecule is CCCCc1ccc(CN2CCC(c3csc(Nc4cc(C#N)ccn4)n3)CC2)s1. The summed E-state index contributed by atoms with van der Waals surface area (Å²) in [4.78, 5) is 14.7. The van der Waals surface area contributed by atoms with E-state index in [1.165, 1.54) is 34.7 Å². The van der Waals surface area contributed by atoms with Gasteiger partial charge < -0.3 is 5.32 Å². The second-order valence-corrected chi connectivity index (χ2v) is 9.88. The number of aryl methyl sites for hydroxylation is 1. The molecule has 156 valence electrons.